The first-order valence-electron chi connectivity index (χ1n) is 8.87. The summed E-state index contributed by atoms with van der Waals surface area (Å²) in [5.74, 6) is -1.68. The number of esters is 1. The molecule has 1 amide bonds. The van der Waals surface area contributed by atoms with Crippen LogP contribution in [0.2, 0.25) is 0 Å². The number of rotatable bonds is 6. The third-order valence-corrected chi connectivity index (χ3v) is 5.50. The van der Waals surface area contributed by atoms with Crippen molar-refractivity contribution in [2.75, 3.05) is 18.6 Å². The van der Waals surface area contributed by atoms with Crippen LogP contribution in [0.1, 0.15) is 22.8 Å². The second-order valence-corrected chi connectivity index (χ2v) is 7.81. The van der Waals surface area contributed by atoms with E-state index in [0.29, 0.717) is 5.69 Å². The predicted molar refractivity (Wildman–Crippen MR) is 119 cm³/mol. The van der Waals surface area contributed by atoms with Crippen LogP contribution in [0, 0.1) is 10.1 Å². The highest BCUT2D eigenvalue weighted by atomic mass is 32.2. The largest absolute Gasteiger partial charge is 0.500 e. The minimum atomic E-state index is -0.749. The zero-order chi connectivity index (χ0) is 22.7. The van der Waals surface area contributed by atoms with E-state index in [4.69, 9.17) is 21.7 Å². The van der Waals surface area contributed by atoms with Crippen LogP contribution in [0.5, 0.6) is 11.5 Å². The number of carbonyl (C=O) groups is 2. The fraction of sp³-hybridized carbons (Fsp3) is 0.150. The van der Waals surface area contributed by atoms with E-state index >= 15 is 0 Å². The monoisotopic (exact) mass is 460 g/mol. The number of phenols is 1. The van der Waals surface area contributed by atoms with Gasteiger partial charge in [0, 0.05) is 6.07 Å². The van der Waals surface area contributed by atoms with Gasteiger partial charge < -0.3 is 14.6 Å². The topological polar surface area (TPSA) is 119 Å². The van der Waals surface area contributed by atoms with E-state index in [1.54, 1.807) is 25.1 Å². The number of phenolic OH excluding ortho intramolecular Hbond substituents is 1. The normalized spacial score (nSPS) is 14.8. The number of amides is 1. The molecule has 1 aliphatic rings. The van der Waals surface area contributed by atoms with Crippen LogP contribution in [0.25, 0.3) is 6.08 Å². The van der Waals surface area contributed by atoms with Gasteiger partial charge >= 0.3 is 11.7 Å². The van der Waals surface area contributed by atoms with E-state index in [9.17, 15) is 24.8 Å². The number of anilines is 1. The molecule has 160 valence electrons. The zero-order valence-electron chi connectivity index (χ0n) is 16.4. The molecular weight excluding hydrogens is 444 g/mol. The minimum absolute atomic E-state index is 0.0990. The van der Waals surface area contributed by atoms with Crippen molar-refractivity contribution in [2.45, 2.75) is 6.92 Å². The van der Waals surface area contributed by atoms with Gasteiger partial charge in [-0.1, -0.05) is 30.0 Å². The number of aromatic hydroxyl groups is 1. The highest BCUT2D eigenvalue weighted by molar-refractivity contribution is 8.27. The van der Waals surface area contributed by atoms with E-state index < -0.39 is 28.2 Å². The summed E-state index contributed by atoms with van der Waals surface area (Å²) < 4.78 is 10.2. The number of benzene rings is 2. The lowest BCUT2D eigenvalue weighted by molar-refractivity contribution is -0.386. The Kier molecular flexibility index (Phi) is 6.56. The summed E-state index contributed by atoms with van der Waals surface area (Å²) in [6, 6.07) is 8.81. The average Bonchev–Trinajstić information content (AvgIpc) is 3.02. The molecule has 1 fully saturated rings. The number of methoxy groups -OCH3 is 1. The summed E-state index contributed by atoms with van der Waals surface area (Å²) in [4.78, 5) is 36.9. The summed E-state index contributed by atoms with van der Waals surface area (Å²) >= 11 is 6.34. The molecule has 1 saturated heterocycles. The lowest BCUT2D eigenvalue weighted by Gasteiger charge is -2.15. The SMILES string of the molecule is CCOC(=O)c1cccc(N2C(=O)C(=Cc3cc(OC)c(O)c([N+](=O)[O-])c3)SC2=S)c1. The second-order valence-electron chi connectivity index (χ2n) is 6.14. The van der Waals surface area contributed by atoms with E-state index in [-0.39, 0.29) is 32.7 Å². The lowest BCUT2D eigenvalue weighted by Crippen LogP contribution is -2.27. The standard InChI is InChI=1S/C20H16N2O7S2/c1-3-29-19(25)12-5-4-6-13(10-12)21-18(24)16(31-20(21)30)9-11-7-14(22(26)27)17(23)15(8-11)28-2/h4-10,23H,3H2,1-2H3. The van der Waals surface area contributed by atoms with Crippen molar-refractivity contribution in [3.05, 3.63) is 62.5 Å². The summed E-state index contributed by atoms with van der Waals surface area (Å²) in [5.41, 5.74) is 0.396. The number of thioether (sulfide) groups is 1. The number of nitro benzene ring substituents is 1. The van der Waals surface area contributed by atoms with Crippen LogP contribution in [-0.2, 0) is 9.53 Å². The van der Waals surface area contributed by atoms with E-state index in [1.807, 2.05) is 0 Å². The molecule has 1 N–H and O–H groups in total. The number of carbonyl (C=O) groups excluding carboxylic acids is 2. The summed E-state index contributed by atoms with van der Waals surface area (Å²) in [7, 11) is 1.26. The van der Waals surface area contributed by atoms with Crippen LogP contribution in [0.15, 0.2) is 41.3 Å². The Labute approximate surface area is 186 Å². The highest BCUT2D eigenvalue weighted by Crippen LogP contribution is 2.40. The molecule has 2 aromatic carbocycles. The quantitative estimate of drug-likeness (QED) is 0.225. The Balaban J connectivity index is 1.97. The molecule has 9 nitrogen and oxygen atoms in total. The first-order chi connectivity index (χ1) is 14.8. The summed E-state index contributed by atoms with van der Waals surface area (Å²) in [5, 5.41) is 21.1. The van der Waals surface area contributed by atoms with Crippen molar-refractivity contribution in [1.82, 2.24) is 0 Å². The van der Waals surface area contributed by atoms with Gasteiger partial charge in [0.25, 0.3) is 5.91 Å². The number of nitrogens with zero attached hydrogens (tertiary/aromatic N) is 2. The molecule has 31 heavy (non-hydrogen) atoms. The molecule has 0 aromatic heterocycles. The number of thiocarbonyl (C=S) groups is 1. The molecule has 2 aromatic rings. The second kappa shape index (κ2) is 9.14. The highest BCUT2D eigenvalue weighted by Gasteiger charge is 2.34. The molecule has 11 heteroatoms. The van der Waals surface area contributed by atoms with Crippen LogP contribution in [0.3, 0.4) is 0 Å². The van der Waals surface area contributed by atoms with Gasteiger partial charge in [-0.3, -0.25) is 19.8 Å². The first-order valence-corrected chi connectivity index (χ1v) is 10.1. The smallest absolute Gasteiger partial charge is 0.338 e. The number of nitro groups is 1. The van der Waals surface area contributed by atoms with Crippen molar-refractivity contribution in [3.8, 4) is 11.5 Å². The van der Waals surface area contributed by atoms with E-state index in [1.165, 1.54) is 30.2 Å². The van der Waals surface area contributed by atoms with Crippen LogP contribution in [0.4, 0.5) is 11.4 Å². The van der Waals surface area contributed by atoms with Gasteiger partial charge in [0.2, 0.25) is 5.75 Å². The Bertz CT molecular complexity index is 1130. The number of hydrogen-bond acceptors (Lipinski definition) is 9. The van der Waals surface area contributed by atoms with Gasteiger partial charge in [0.15, 0.2) is 10.1 Å². The maximum Gasteiger partial charge on any atom is 0.338 e. The predicted octanol–water partition coefficient (Wildman–Crippen LogP) is 3.89. The zero-order valence-corrected chi connectivity index (χ0v) is 18.0. The van der Waals surface area contributed by atoms with Gasteiger partial charge in [0.05, 0.1) is 34.8 Å². The lowest BCUT2D eigenvalue weighted by atomic mass is 10.1. The van der Waals surface area contributed by atoms with Crippen LogP contribution < -0.4 is 9.64 Å². The molecule has 0 aliphatic carbocycles. The molecule has 0 unspecified atom stereocenters. The maximum absolute atomic E-state index is 13.0. The van der Waals surface area contributed by atoms with Crippen molar-refractivity contribution < 1.29 is 29.1 Å². The molecule has 0 bridgehead atoms. The molecule has 1 heterocycles. The summed E-state index contributed by atoms with van der Waals surface area (Å²) in [6.07, 6.45) is 1.42. The van der Waals surface area contributed by atoms with Gasteiger partial charge in [-0.2, -0.15) is 0 Å². The van der Waals surface area contributed by atoms with Gasteiger partial charge in [-0.05, 0) is 42.8 Å². The van der Waals surface area contributed by atoms with E-state index in [2.05, 4.69) is 0 Å². The molecule has 0 saturated carbocycles. The molecule has 0 atom stereocenters. The Hall–Kier alpha value is -3.44. The Morgan fingerprint density at radius 3 is 2.74 bits per heavy atom. The van der Waals surface area contributed by atoms with Crippen LogP contribution in [-0.4, -0.2) is 39.9 Å². The number of ether oxygens (including phenoxy) is 2. The number of hydrogen-bond donors (Lipinski definition) is 1. The van der Waals surface area contributed by atoms with Crippen LogP contribution >= 0.6 is 24.0 Å². The molecule has 0 radical (unpaired) electrons. The molecule has 1 aliphatic heterocycles. The molecule has 0 spiro atoms. The molecule has 3 rings (SSSR count). The minimum Gasteiger partial charge on any atom is -0.500 e. The maximum atomic E-state index is 13.0. The van der Waals surface area contributed by atoms with Crippen molar-refractivity contribution in [2.24, 2.45) is 0 Å². The fourth-order valence-electron chi connectivity index (χ4n) is 2.82. The van der Waals surface area contributed by atoms with Gasteiger partial charge in [-0.25, -0.2) is 4.79 Å². The van der Waals surface area contributed by atoms with Gasteiger partial charge in [-0.15, -0.1) is 0 Å². The summed E-state index contributed by atoms with van der Waals surface area (Å²) in [6.45, 7) is 1.91. The Morgan fingerprint density at radius 2 is 2.10 bits per heavy atom. The fourth-order valence-corrected chi connectivity index (χ4v) is 4.12. The van der Waals surface area contributed by atoms with Crippen molar-refractivity contribution in [1.29, 1.82) is 0 Å². The first kappa shape index (κ1) is 22.2. The Morgan fingerprint density at radius 1 is 1.35 bits per heavy atom. The third kappa shape index (κ3) is 4.52. The van der Waals surface area contributed by atoms with Crippen molar-refractivity contribution in [3.63, 3.8) is 0 Å². The van der Waals surface area contributed by atoms with Crippen molar-refractivity contribution >= 4 is 57.6 Å². The van der Waals surface area contributed by atoms with Gasteiger partial charge in [0.1, 0.15) is 0 Å². The molecular formula is C20H16N2O7S2. The van der Waals surface area contributed by atoms with E-state index in [0.717, 1.165) is 17.8 Å². The average molecular weight is 460 g/mol. The third-order valence-electron chi connectivity index (χ3n) is 4.20.